The molecule has 4 rings (SSSR count). The second kappa shape index (κ2) is 6.20. The normalized spacial score (nSPS) is 24.5. The fraction of sp³-hybridized carbons (Fsp3) is 0.500. The molecule has 128 valence electrons. The van der Waals surface area contributed by atoms with Crippen LogP contribution in [0.3, 0.4) is 0 Å². The molecule has 6 nitrogen and oxygen atoms in total. The molecule has 1 aliphatic carbocycles. The first-order valence-electron chi connectivity index (χ1n) is 8.61. The highest BCUT2D eigenvalue weighted by molar-refractivity contribution is 5.83. The molecule has 1 saturated carbocycles. The summed E-state index contributed by atoms with van der Waals surface area (Å²) < 4.78 is 2.15. The van der Waals surface area contributed by atoms with Gasteiger partial charge in [-0.2, -0.15) is 5.10 Å². The average molecular weight is 329 g/mol. The van der Waals surface area contributed by atoms with Crippen LogP contribution in [0.1, 0.15) is 43.7 Å². The molecule has 3 N–H and O–H groups in total. The minimum absolute atomic E-state index is 0.0422. The number of fused-ring (bicyclic) bond motifs is 1. The largest absolute Gasteiger partial charge is 0.396 e. The Morgan fingerprint density at radius 2 is 2.12 bits per heavy atom. The van der Waals surface area contributed by atoms with E-state index in [-0.39, 0.29) is 13.2 Å². The molecular weight excluding hydrogens is 306 g/mol. The third kappa shape index (κ3) is 2.60. The van der Waals surface area contributed by atoms with Crippen LogP contribution in [0.5, 0.6) is 0 Å². The summed E-state index contributed by atoms with van der Waals surface area (Å²) in [5.74, 6) is 0. The maximum Gasteiger partial charge on any atom is 0.141 e. The Hall–Kier alpha value is -1.89. The fourth-order valence-electron chi connectivity index (χ4n) is 3.74. The van der Waals surface area contributed by atoms with Gasteiger partial charge in [-0.1, -0.05) is 25.0 Å². The topological polar surface area (TPSA) is 79.5 Å². The predicted octanol–water partition coefficient (Wildman–Crippen LogP) is 2.14. The summed E-state index contributed by atoms with van der Waals surface area (Å²) in [4.78, 5) is 5.55. The Morgan fingerprint density at radius 1 is 1.29 bits per heavy atom. The van der Waals surface area contributed by atoms with Gasteiger partial charge in [-0.3, -0.25) is 15.0 Å². The van der Waals surface area contributed by atoms with E-state index in [0.29, 0.717) is 12.5 Å². The SMILES string of the molecule is OCCC1(CO)C=C(c2ccc3cnn(C4CCCC4)c3c2)NO1. The van der Waals surface area contributed by atoms with Crippen molar-refractivity contribution in [3.8, 4) is 0 Å². The molecule has 1 fully saturated rings. The second-order valence-corrected chi connectivity index (χ2v) is 6.76. The second-order valence-electron chi connectivity index (χ2n) is 6.76. The summed E-state index contributed by atoms with van der Waals surface area (Å²) in [7, 11) is 0. The summed E-state index contributed by atoms with van der Waals surface area (Å²) in [6.07, 6.45) is 9.06. The number of hydrogen-bond donors (Lipinski definition) is 3. The first kappa shape index (κ1) is 15.6. The number of hydroxylamine groups is 1. The number of nitrogens with zero attached hydrogens (tertiary/aromatic N) is 2. The Labute approximate surface area is 140 Å². The molecule has 0 amide bonds. The van der Waals surface area contributed by atoms with Crippen LogP contribution in [0.4, 0.5) is 0 Å². The van der Waals surface area contributed by atoms with Crippen LogP contribution in [0.15, 0.2) is 30.5 Å². The lowest BCUT2D eigenvalue weighted by Gasteiger charge is -2.21. The molecule has 1 aromatic heterocycles. The molecular formula is C18H23N3O3. The molecule has 6 heteroatoms. The maximum atomic E-state index is 9.60. The smallest absolute Gasteiger partial charge is 0.141 e. The van der Waals surface area contributed by atoms with E-state index in [2.05, 4.69) is 27.4 Å². The van der Waals surface area contributed by atoms with E-state index in [1.54, 1.807) is 0 Å². The van der Waals surface area contributed by atoms with Crippen molar-refractivity contribution < 1.29 is 15.1 Å². The minimum Gasteiger partial charge on any atom is -0.396 e. The van der Waals surface area contributed by atoms with E-state index in [9.17, 15) is 10.2 Å². The first-order chi connectivity index (χ1) is 11.7. The lowest BCUT2D eigenvalue weighted by Crippen LogP contribution is -2.34. The number of aliphatic hydroxyl groups excluding tert-OH is 2. The summed E-state index contributed by atoms with van der Waals surface area (Å²) >= 11 is 0. The molecule has 0 bridgehead atoms. The summed E-state index contributed by atoms with van der Waals surface area (Å²) in [5, 5.41) is 24.5. The van der Waals surface area contributed by atoms with Crippen LogP contribution in [-0.4, -0.2) is 38.8 Å². The Morgan fingerprint density at radius 3 is 2.88 bits per heavy atom. The number of aliphatic hydroxyl groups is 2. The molecule has 2 aliphatic rings. The highest BCUT2D eigenvalue weighted by atomic mass is 16.7. The standard InChI is InChI=1S/C18H23N3O3/c22-8-7-18(12-23)10-16(20-24-18)13-5-6-14-11-19-21(17(14)9-13)15-3-1-2-4-15/h5-6,9-11,15,20,22-23H,1-4,7-8,12H2. The molecule has 2 aromatic rings. The predicted molar refractivity (Wildman–Crippen MR) is 91.0 cm³/mol. The van der Waals surface area contributed by atoms with E-state index in [0.717, 1.165) is 22.2 Å². The van der Waals surface area contributed by atoms with Gasteiger partial charge in [-0.15, -0.1) is 0 Å². The summed E-state index contributed by atoms with van der Waals surface area (Å²) in [5.41, 5.74) is 4.99. The minimum atomic E-state index is -0.856. The molecule has 1 atom stereocenters. The van der Waals surface area contributed by atoms with Crippen molar-refractivity contribution in [3.63, 3.8) is 0 Å². The van der Waals surface area contributed by atoms with Crippen molar-refractivity contribution in [1.82, 2.24) is 15.3 Å². The molecule has 0 saturated heterocycles. The number of hydrogen-bond acceptors (Lipinski definition) is 5. The Kier molecular flexibility index (Phi) is 4.04. The molecule has 1 unspecified atom stereocenters. The van der Waals surface area contributed by atoms with Gasteiger partial charge >= 0.3 is 0 Å². The van der Waals surface area contributed by atoms with Crippen LogP contribution in [0, 0.1) is 0 Å². The van der Waals surface area contributed by atoms with Crippen molar-refractivity contribution in [1.29, 1.82) is 0 Å². The quantitative estimate of drug-likeness (QED) is 0.783. The highest BCUT2D eigenvalue weighted by Gasteiger charge is 2.34. The zero-order valence-corrected chi connectivity index (χ0v) is 13.6. The fourth-order valence-corrected chi connectivity index (χ4v) is 3.74. The van der Waals surface area contributed by atoms with Gasteiger partial charge in [-0.25, -0.2) is 0 Å². The van der Waals surface area contributed by atoms with Gasteiger partial charge in [0.15, 0.2) is 0 Å². The van der Waals surface area contributed by atoms with E-state index in [4.69, 9.17) is 4.84 Å². The van der Waals surface area contributed by atoms with Gasteiger partial charge in [-0.05, 0) is 25.0 Å². The van der Waals surface area contributed by atoms with Crippen molar-refractivity contribution in [2.24, 2.45) is 0 Å². The van der Waals surface area contributed by atoms with E-state index in [1.165, 1.54) is 25.7 Å². The summed E-state index contributed by atoms with van der Waals surface area (Å²) in [6.45, 7) is -0.216. The maximum absolute atomic E-state index is 9.60. The van der Waals surface area contributed by atoms with E-state index < -0.39 is 5.60 Å². The molecule has 1 aliphatic heterocycles. The zero-order chi connectivity index (χ0) is 16.6. The summed E-state index contributed by atoms with van der Waals surface area (Å²) in [6, 6.07) is 6.70. The van der Waals surface area contributed by atoms with Crippen molar-refractivity contribution in [2.45, 2.75) is 43.7 Å². The first-order valence-corrected chi connectivity index (χ1v) is 8.61. The van der Waals surface area contributed by atoms with Crippen molar-refractivity contribution >= 4 is 16.6 Å². The monoisotopic (exact) mass is 329 g/mol. The number of aromatic nitrogens is 2. The Balaban J connectivity index is 1.70. The molecule has 24 heavy (non-hydrogen) atoms. The van der Waals surface area contributed by atoms with Crippen molar-refractivity contribution in [2.75, 3.05) is 13.2 Å². The third-order valence-electron chi connectivity index (χ3n) is 5.15. The van der Waals surface area contributed by atoms with Gasteiger partial charge < -0.3 is 10.2 Å². The molecule has 0 radical (unpaired) electrons. The van der Waals surface area contributed by atoms with Crippen LogP contribution in [0.25, 0.3) is 16.6 Å². The van der Waals surface area contributed by atoms with Gasteiger partial charge in [0.1, 0.15) is 5.60 Å². The van der Waals surface area contributed by atoms with Crippen LogP contribution in [0.2, 0.25) is 0 Å². The zero-order valence-electron chi connectivity index (χ0n) is 13.6. The van der Waals surface area contributed by atoms with Gasteiger partial charge in [0, 0.05) is 24.0 Å². The lowest BCUT2D eigenvalue weighted by molar-refractivity contribution is -0.0764. The van der Waals surface area contributed by atoms with Gasteiger partial charge in [0.05, 0.1) is 30.1 Å². The van der Waals surface area contributed by atoms with Crippen LogP contribution in [-0.2, 0) is 4.84 Å². The van der Waals surface area contributed by atoms with Gasteiger partial charge in [0.2, 0.25) is 0 Å². The number of benzene rings is 1. The van der Waals surface area contributed by atoms with E-state index in [1.807, 2.05) is 18.3 Å². The lowest BCUT2D eigenvalue weighted by atomic mass is 9.98. The van der Waals surface area contributed by atoms with Crippen LogP contribution >= 0.6 is 0 Å². The average Bonchev–Trinajstić information content (AvgIpc) is 3.34. The molecule has 1 aromatic carbocycles. The van der Waals surface area contributed by atoms with E-state index >= 15 is 0 Å². The highest BCUT2D eigenvalue weighted by Crippen LogP contribution is 2.34. The van der Waals surface area contributed by atoms with Gasteiger partial charge in [0.25, 0.3) is 0 Å². The molecule has 2 heterocycles. The van der Waals surface area contributed by atoms with Crippen molar-refractivity contribution in [3.05, 3.63) is 36.0 Å². The number of nitrogens with one attached hydrogen (secondary N) is 1. The third-order valence-corrected chi connectivity index (χ3v) is 5.15. The van der Waals surface area contributed by atoms with Crippen LogP contribution < -0.4 is 5.48 Å². The molecule has 0 spiro atoms. The number of rotatable bonds is 5. The Bertz CT molecular complexity index is 764.